The number of thiazole rings is 1. The van der Waals surface area contributed by atoms with Gasteiger partial charge >= 0.3 is 0 Å². The highest BCUT2D eigenvalue weighted by atomic mass is 32.1. The molecule has 0 saturated heterocycles. The molecule has 4 nitrogen and oxygen atoms in total. The van der Waals surface area contributed by atoms with Crippen LogP contribution in [0.2, 0.25) is 0 Å². The Labute approximate surface area is 129 Å². The van der Waals surface area contributed by atoms with Gasteiger partial charge in [0.25, 0.3) is 0 Å². The molecule has 21 heavy (non-hydrogen) atoms. The summed E-state index contributed by atoms with van der Waals surface area (Å²) in [6, 6.07) is 10.3. The average molecular weight is 301 g/mol. The molecule has 0 fully saturated rings. The summed E-state index contributed by atoms with van der Waals surface area (Å²) < 4.78 is 5.26. The molecule has 0 aliphatic heterocycles. The Balaban J connectivity index is 1.99. The summed E-state index contributed by atoms with van der Waals surface area (Å²) in [5, 5.41) is 15.2. The molecule has 110 valence electrons. The van der Waals surface area contributed by atoms with Crippen LogP contribution in [0.15, 0.2) is 35.8 Å². The van der Waals surface area contributed by atoms with Crippen LogP contribution >= 0.6 is 11.3 Å². The first-order valence-corrected chi connectivity index (χ1v) is 7.87. The van der Waals surface area contributed by atoms with Gasteiger partial charge in [-0.05, 0) is 31.0 Å². The van der Waals surface area contributed by atoms with Gasteiger partial charge in [-0.25, -0.2) is 4.98 Å². The lowest BCUT2D eigenvalue weighted by molar-refractivity contribution is 0.367. The van der Waals surface area contributed by atoms with Crippen LogP contribution in [0.1, 0.15) is 42.9 Å². The minimum absolute atomic E-state index is 0.0785. The molecule has 2 aromatic rings. The Hall–Kier alpha value is -1.90. The van der Waals surface area contributed by atoms with Crippen molar-refractivity contribution in [2.45, 2.75) is 32.4 Å². The summed E-state index contributed by atoms with van der Waals surface area (Å²) in [4.78, 5) is 4.39. The monoisotopic (exact) mass is 301 g/mol. The van der Waals surface area contributed by atoms with E-state index in [1.807, 2.05) is 41.9 Å². The predicted molar refractivity (Wildman–Crippen MR) is 84.2 cm³/mol. The number of aromatic nitrogens is 1. The van der Waals surface area contributed by atoms with Gasteiger partial charge in [-0.2, -0.15) is 5.26 Å². The summed E-state index contributed by atoms with van der Waals surface area (Å²) in [5.74, 6) is 0.722. The molecule has 0 aliphatic rings. The van der Waals surface area contributed by atoms with Crippen molar-refractivity contribution in [1.29, 1.82) is 5.26 Å². The number of hydrogen-bond donors (Lipinski definition) is 1. The second kappa shape index (κ2) is 7.77. The third-order valence-electron chi connectivity index (χ3n) is 3.29. The van der Waals surface area contributed by atoms with Gasteiger partial charge in [0.1, 0.15) is 16.8 Å². The van der Waals surface area contributed by atoms with Crippen LogP contribution in [0, 0.1) is 11.3 Å². The molecule has 0 saturated carbocycles. The lowest BCUT2D eigenvalue weighted by Crippen LogP contribution is -2.24. The second-order valence-corrected chi connectivity index (χ2v) is 5.66. The number of ether oxygens (including phenoxy) is 1. The molecule has 2 atom stereocenters. The summed E-state index contributed by atoms with van der Waals surface area (Å²) in [6.45, 7) is 4.38. The van der Waals surface area contributed by atoms with Crippen molar-refractivity contribution in [1.82, 2.24) is 10.3 Å². The SMILES string of the molecule is CCC(NC(C)c1ccc(OCC#N)cc1)c1nccs1. The second-order valence-electron chi connectivity index (χ2n) is 4.74. The standard InChI is InChI=1S/C16H19N3OS/c1-3-15(16-18-9-11-21-16)19-12(2)13-4-6-14(7-5-13)20-10-8-17/h4-7,9,11-12,15,19H,3,10H2,1-2H3. The minimum Gasteiger partial charge on any atom is -0.479 e. The van der Waals surface area contributed by atoms with E-state index in [1.54, 1.807) is 11.3 Å². The molecule has 0 bridgehead atoms. The van der Waals surface area contributed by atoms with E-state index in [9.17, 15) is 0 Å². The lowest BCUT2D eigenvalue weighted by Gasteiger charge is -2.21. The Morgan fingerprint density at radius 3 is 2.71 bits per heavy atom. The first-order chi connectivity index (χ1) is 10.2. The maximum Gasteiger partial charge on any atom is 0.174 e. The summed E-state index contributed by atoms with van der Waals surface area (Å²) in [7, 11) is 0. The smallest absolute Gasteiger partial charge is 0.174 e. The molecule has 5 heteroatoms. The van der Waals surface area contributed by atoms with Gasteiger partial charge in [0.15, 0.2) is 6.61 Å². The fourth-order valence-electron chi connectivity index (χ4n) is 2.14. The largest absolute Gasteiger partial charge is 0.479 e. The molecule has 0 spiro atoms. The molecular formula is C16H19N3OS. The van der Waals surface area contributed by atoms with Crippen LogP contribution in [0.5, 0.6) is 5.75 Å². The van der Waals surface area contributed by atoms with E-state index in [2.05, 4.69) is 24.1 Å². The van der Waals surface area contributed by atoms with Gasteiger partial charge in [0.05, 0.1) is 6.04 Å². The third kappa shape index (κ3) is 4.28. The quantitative estimate of drug-likeness (QED) is 0.844. The van der Waals surface area contributed by atoms with Crippen molar-refractivity contribution >= 4 is 11.3 Å². The van der Waals surface area contributed by atoms with Crippen molar-refractivity contribution in [3.63, 3.8) is 0 Å². The van der Waals surface area contributed by atoms with E-state index in [0.717, 1.165) is 17.2 Å². The summed E-state index contributed by atoms with van der Waals surface area (Å²) in [5.41, 5.74) is 1.19. The van der Waals surface area contributed by atoms with E-state index >= 15 is 0 Å². The van der Waals surface area contributed by atoms with Crippen LogP contribution in [-0.4, -0.2) is 11.6 Å². The minimum atomic E-state index is 0.0785. The number of nitrogens with zero attached hydrogens (tertiary/aromatic N) is 2. The van der Waals surface area contributed by atoms with Gasteiger partial charge in [0, 0.05) is 17.6 Å². The Bertz CT molecular complexity index is 575. The maximum atomic E-state index is 8.50. The van der Waals surface area contributed by atoms with E-state index in [-0.39, 0.29) is 18.7 Å². The van der Waals surface area contributed by atoms with Gasteiger partial charge in [0.2, 0.25) is 0 Å². The molecular weight excluding hydrogens is 282 g/mol. The van der Waals surface area contributed by atoms with Crippen LogP contribution in [0.25, 0.3) is 0 Å². The third-order valence-corrected chi connectivity index (χ3v) is 4.18. The average Bonchev–Trinajstić information content (AvgIpc) is 3.05. The van der Waals surface area contributed by atoms with Gasteiger partial charge in [-0.3, -0.25) is 0 Å². The van der Waals surface area contributed by atoms with Crippen LogP contribution < -0.4 is 10.1 Å². The molecule has 2 rings (SSSR count). The van der Waals surface area contributed by atoms with E-state index in [4.69, 9.17) is 10.00 Å². The highest BCUT2D eigenvalue weighted by Crippen LogP contribution is 2.24. The molecule has 1 aromatic heterocycles. The number of benzene rings is 1. The Morgan fingerprint density at radius 2 is 2.14 bits per heavy atom. The molecule has 1 heterocycles. The number of nitrogens with one attached hydrogen (secondary N) is 1. The first-order valence-electron chi connectivity index (χ1n) is 6.99. The Kier molecular flexibility index (Phi) is 5.73. The Morgan fingerprint density at radius 1 is 1.38 bits per heavy atom. The number of hydrogen-bond acceptors (Lipinski definition) is 5. The van der Waals surface area contributed by atoms with Gasteiger partial charge in [-0.15, -0.1) is 11.3 Å². The van der Waals surface area contributed by atoms with Crippen LogP contribution in [0.3, 0.4) is 0 Å². The van der Waals surface area contributed by atoms with E-state index < -0.39 is 0 Å². The normalized spacial score (nSPS) is 13.4. The van der Waals surface area contributed by atoms with E-state index in [1.165, 1.54) is 5.56 Å². The zero-order valence-corrected chi connectivity index (χ0v) is 13.1. The maximum absolute atomic E-state index is 8.50. The zero-order valence-electron chi connectivity index (χ0n) is 12.2. The highest BCUT2D eigenvalue weighted by molar-refractivity contribution is 7.09. The summed E-state index contributed by atoms with van der Waals surface area (Å²) in [6.07, 6.45) is 2.84. The number of rotatable bonds is 7. The van der Waals surface area contributed by atoms with Crippen LogP contribution in [-0.2, 0) is 0 Å². The van der Waals surface area contributed by atoms with Crippen LogP contribution in [0.4, 0.5) is 0 Å². The van der Waals surface area contributed by atoms with Crippen molar-refractivity contribution < 1.29 is 4.74 Å². The molecule has 0 amide bonds. The first kappa shape index (κ1) is 15.5. The fraction of sp³-hybridized carbons (Fsp3) is 0.375. The fourth-order valence-corrected chi connectivity index (χ4v) is 2.92. The van der Waals surface area contributed by atoms with Crippen molar-refractivity contribution in [2.24, 2.45) is 0 Å². The molecule has 0 aliphatic carbocycles. The predicted octanol–water partition coefficient (Wildman–Crippen LogP) is 3.85. The summed E-state index contributed by atoms with van der Waals surface area (Å²) >= 11 is 1.68. The topological polar surface area (TPSA) is 57.9 Å². The van der Waals surface area contributed by atoms with Gasteiger partial charge < -0.3 is 10.1 Å². The van der Waals surface area contributed by atoms with E-state index in [0.29, 0.717) is 0 Å². The van der Waals surface area contributed by atoms with Crippen molar-refractivity contribution in [3.8, 4) is 11.8 Å². The molecule has 1 aromatic carbocycles. The zero-order chi connectivity index (χ0) is 15.1. The molecule has 1 N–H and O–H groups in total. The highest BCUT2D eigenvalue weighted by Gasteiger charge is 2.15. The van der Waals surface area contributed by atoms with Crippen molar-refractivity contribution in [3.05, 3.63) is 46.4 Å². The van der Waals surface area contributed by atoms with Gasteiger partial charge in [-0.1, -0.05) is 19.1 Å². The molecule has 0 radical (unpaired) electrons. The molecule has 2 unspecified atom stereocenters. The van der Waals surface area contributed by atoms with Crippen molar-refractivity contribution in [2.75, 3.05) is 6.61 Å². The lowest BCUT2D eigenvalue weighted by atomic mass is 10.1. The number of nitriles is 1.